The van der Waals surface area contributed by atoms with Crippen molar-refractivity contribution in [3.05, 3.63) is 46.2 Å². The van der Waals surface area contributed by atoms with E-state index in [4.69, 9.17) is 10.00 Å². The third kappa shape index (κ3) is 2.09. The lowest BCUT2D eigenvalue weighted by atomic mass is 10.3. The van der Waals surface area contributed by atoms with Gasteiger partial charge in [-0.25, -0.2) is 0 Å². The van der Waals surface area contributed by atoms with Crippen molar-refractivity contribution in [1.82, 2.24) is 9.55 Å². The van der Waals surface area contributed by atoms with Crippen molar-refractivity contribution in [2.24, 2.45) is 0 Å². The molecule has 6 heteroatoms. The predicted molar refractivity (Wildman–Crippen MR) is 70.5 cm³/mol. The zero-order valence-electron chi connectivity index (χ0n) is 9.87. The van der Waals surface area contributed by atoms with Gasteiger partial charge >= 0.3 is 0 Å². The number of benzene rings is 1. The molecule has 5 nitrogen and oxygen atoms in total. The molecule has 0 fully saturated rings. The van der Waals surface area contributed by atoms with Crippen molar-refractivity contribution in [2.45, 2.75) is 11.7 Å². The average molecular weight is 271 g/mol. The first-order valence-corrected chi connectivity index (χ1v) is 6.69. The Labute approximate surface area is 113 Å². The molecule has 0 aliphatic carbocycles. The summed E-state index contributed by atoms with van der Waals surface area (Å²) in [7, 11) is 0. The highest BCUT2D eigenvalue weighted by Crippen LogP contribution is 2.27. The first kappa shape index (κ1) is 11.8. The third-order valence-corrected chi connectivity index (χ3v) is 3.67. The number of fused-ring (bicyclic) bond motifs is 1. The van der Waals surface area contributed by atoms with Crippen molar-refractivity contribution in [2.75, 3.05) is 5.75 Å². The van der Waals surface area contributed by atoms with E-state index in [1.54, 1.807) is 12.1 Å². The van der Waals surface area contributed by atoms with Crippen LogP contribution in [0.2, 0.25) is 0 Å². The second-order valence-electron chi connectivity index (χ2n) is 3.91. The van der Waals surface area contributed by atoms with Crippen LogP contribution in [0.3, 0.4) is 0 Å². The van der Waals surface area contributed by atoms with Crippen LogP contribution in [0.5, 0.6) is 11.6 Å². The van der Waals surface area contributed by atoms with Crippen LogP contribution in [-0.4, -0.2) is 15.3 Å². The first-order chi connectivity index (χ1) is 9.29. The second-order valence-corrected chi connectivity index (χ2v) is 4.97. The number of aromatic nitrogens is 2. The Kier molecular flexibility index (Phi) is 2.97. The quantitative estimate of drug-likeness (QED) is 0.782. The molecule has 0 amide bonds. The van der Waals surface area contributed by atoms with Gasteiger partial charge in [-0.1, -0.05) is 30.0 Å². The molecule has 3 rings (SSSR count). The fourth-order valence-corrected chi connectivity index (χ4v) is 2.76. The summed E-state index contributed by atoms with van der Waals surface area (Å²) in [4.78, 5) is 16.4. The second kappa shape index (κ2) is 4.78. The van der Waals surface area contributed by atoms with Crippen LogP contribution < -0.4 is 10.3 Å². The van der Waals surface area contributed by atoms with Gasteiger partial charge in [0.15, 0.2) is 10.7 Å². The molecular weight excluding hydrogens is 262 g/mol. The molecule has 0 N–H and O–H groups in total. The van der Waals surface area contributed by atoms with Gasteiger partial charge in [0, 0.05) is 12.3 Å². The molecule has 1 aliphatic heterocycles. The van der Waals surface area contributed by atoms with Crippen LogP contribution in [0.4, 0.5) is 0 Å². The minimum Gasteiger partial charge on any atom is -0.437 e. The molecule has 2 aromatic rings. The van der Waals surface area contributed by atoms with Crippen LogP contribution in [-0.2, 0) is 6.54 Å². The highest BCUT2D eigenvalue weighted by molar-refractivity contribution is 7.99. The van der Waals surface area contributed by atoms with Crippen molar-refractivity contribution < 1.29 is 4.74 Å². The van der Waals surface area contributed by atoms with E-state index in [1.807, 2.05) is 24.3 Å². The Hall–Kier alpha value is -2.26. The average Bonchev–Trinajstić information content (AvgIpc) is 2.89. The van der Waals surface area contributed by atoms with Crippen LogP contribution in [0.25, 0.3) is 0 Å². The van der Waals surface area contributed by atoms with Crippen LogP contribution in [0, 0.1) is 11.3 Å². The predicted octanol–water partition coefficient (Wildman–Crippen LogP) is 2.01. The zero-order chi connectivity index (χ0) is 13.2. The number of thioether (sulfide) groups is 1. The van der Waals surface area contributed by atoms with Crippen LogP contribution in [0.15, 0.2) is 40.3 Å². The minimum atomic E-state index is -0.330. The van der Waals surface area contributed by atoms with E-state index in [1.165, 1.54) is 16.3 Å². The summed E-state index contributed by atoms with van der Waals surface area (Å²) in [6.07, 6.45) is 0. The summed E-state index contributed by atoms with van der Waals surface area (Å²) < 4.78 is 7.06. The molecule has 0 saturated carbocycles. The fraction of sp³-hybridized carbons (Fsp3) is 0.154. The Bertz CT molecular complexity index is 719. The number of hydrogen-bond acceptors (Lipinski definition) is 5. The van der Waals surface area contributed by atoms with Crippen LogP contribution >= 0.6 is 11.8 Å². The van der Waals surface area contributed by atoms with E-state index < -0.39 is 0 Å². The number of nitrogens with zero attached hydrogens (tertiary/aromatic N) is 3. The lowest BCUT2D eigenvalue weighted by molar-refractivity contribution is 0.444. The Morgan fingerprint density at radius 2 is 2.16 bits per heavy atom. The van der Waals surface area contributed by atoms with E-state index >= 15 is 0 Å². The van der Waals surface area contributed by atoms with Crippen molar-refractivity contribution in [3.63, 3.8) is 0 Å². The van der Waals surface area contributed by atoms with Gasteiger partial charge in [0.1, 0.15) is 11.8 Å². The van der Waals surface area contributed by atoms with Crippen molar-refractivity contribution in [3.8, 4) is 17.7 Å². The smallest absolute Gasteiger partial charge is 0.276 e. The van der Waals surface area contributed by atoms with E-state index in [2.05, 4.69) is 4.98 Å². The fourth-order valence-electron chi connectivity index (χ4n) is 1.82. The molecule has 1 aliphatic rings. The molecule has 2 heterocycles. The highest BCUT2D eigenvalue weighted by atomic mass is 32.2. The molecule has 94 valence electrons. The maximum atomic E-state index is 12.1. The third-order valence-electron chi connectivity index (χ3n) is 2.72. The van der Waals surface area contributed by atoms with Gasteiger partial charge in [-0.15, -0.1) is 0 Å². The largest absolute Gasteiger partial charge is 0.437 e. The maximum Gasteiger partial charge on any atom is 0.276 e. The summed E-state index contributed by atoms with van der Waals surface area (Å²) in [5.74, 6) is 1.43. The number of para-hydroxylation sites is 1. The molecule has 0 spiro atoms. The normalized spacial score (nSPS) is 12.8. The zero-order valence-corrected chi connectivity index (χ0v) is 10.7. The number of ether oxygens (including phenoxy) is 1. The van der Waals surface area contributed by atoms with E-state index in [9.17, 15) is 4.79 Å². The highest BCUT2D eigenvalue weighted by Gasteiger charge is 2.21. The van der Waals surface area contributed by atoms with Gasteiger partial charge in [-0.05, 0) is 12.1 Å². The van der Waals surface area contributed by atoms with Gasteiger partial charge in [-0.3, -0.25) is 9.36 Å². The minimum absolute atomic E-state index is 0.0462. The molecule has 0 bridgehead atoms. The summed E-state index contributed by atoms with van der Waals surface area (Å²) >= 11 is 1.49. The summed E-state index contributed by atoms with van der Waals surface area (Å²) in [6, 6.07) is 10.9. The molecule has 0 radical (unpaired) electrons. The summed E-state index contributed by atoms with van der Waals surface area (Å²) in [5.41, 5.74) is -0.376. The molecule has 0 unspecified atom stereocenters. The van der Waals surface area contributed by atoms with E-state index in [0.717, 1.165) is 5.75 Å². The molecule has 19 heavy (non-hydrogen) atoms. The molecule has 0 atom stereocenters. The van der Waals surface area contributed by atoms with Crippen LogP contribution in [0.1, 0.15) is 5.56 Å². The van der Waals surface area contributed by atoms with Gasteiger partial charge in [-0.2, -0.15) is 10.2 Å². The molecule has 1 aromatic carbocycles. The lowest BCUT2D eigenvalue weighted by Gasteiger charge is -2.08. The van der Waals surface area contributed by atoms with Gasteiger partial charge < -0.3 is 4.74 Å². The molecular formula is C13H9N3O2S. The molecule has 0 saturated heterocycles. The van der Waals surface area contributed by atoms with Gasteiger partial charge in [0.05, 0.1) is 0 Å². The topological polar surface area (TPSA) is 67.9 Å². The Morgan fingerprint density at radius 1 is 1.37 bits per heavy atom. The number of rotatable bonds is 2. The summed E-state index contributed by atoms with van der Waals surface area (Å²) in [6.45, 7) is 0.589. The standard InChI is InChI=1S/C13H9N3O2S/c14-8-10-11(18-9-4-2-1-3-5-9)15-13-16(12(10)17)6-7-19-13/h1-5H,6-7H2. The first-order valence-electron chi connectivity index (χ1n) is 5.70. The van der Waals surface area contributed by atoms with E-state index in [-0.39, 0.29) is 17.0 Å². The van der Waals surface area contributed by atoms with Gasteiger partial charge in [0.2, 0.25) is 5.88 Å². The Morgan fingerprint density at radius 3 is 2.89 bits per heavy atom. The maximum absolute atomic E-state index is 12.1. The van der Waals surface area contributed by atoms with Crippen molar-refractivity contribution in [1.29, 1.82) is 5.26 Å². The SMILES string of the molecule is N#Cc1c(Oc2ccccc2)nc2n(c1=O)CCS2. The summed E-state index contributed by atoms with van der Waals surface area (Å²) in [5, 5.41) is 9.72. The number of nitriles is 1. The van der Waals surface area contributed by atoms with E-state index in [0.29, 0.717) is 17.5 Å². The van der Waals surface area contributed by atoms with Crippen molar-refractivity contribution >= 4 is 11.8 Å². The monoisotopic (exact) mass is 271 g/mol. The lowest BCUT2D eigenvalue weighted by Crippen LogP contribution is -2.23. The Balaban J connectivity index is 2.09. The molecule has 1 aromatic heterocycles. The van der Waals surface area contributed by atoms with Gasteiger partial charge in [0.25, 0.3) is 5.56 Å². The number of hydrogen-bond donors (Lipinski definition) is 0.